The zero-order valence-electron chi connectivity index (χ0n) is 12.9. The minimum atomic E-state index is 0.0756. The molecule has 0 unspecified atom stereocenters. The first-order valence-electron chi connectivity index (χ1n) is 7.92. The van der Waals surface area contributed by atoms with Gasteiger partial charge in [0.05, 0.1) is 12.1 Å². The normalized spacial score (nSPS) is 16.0. The summed E-state index contributed by atoms with van der Waals surface area (Å²) in [5.41, 5.74) is 2.19. The van der Waals surface area contributed by atoms with Crippen molar-refractivity contribution in [2.45, 2.75) is 25.2 Å². The molecule has 6 nitrogen and oxygen atoms in total. The van der Waals surface area contributed by atoms with Crippen molar-refractivity contribution in [3.8, 4) is 0 Å². The van der Waals surface area contributed by atoms with Crippen LogP contribution in [0.15, 0.2) is 39.5 Å². The molecule has 2 aromatic heterocycles. The Morgan fingerprint density at radius 1 is 1.29 bits per heavy atom. The zero-order valence-corrected chi connectivity index (χ0v) is 13.7. The molecular formula is C17H16ClN3O3. The van der Waals surface area contributed by atoms with E-state index >= 15 is 0 Å². The number of carbonyl (C=O) groups excluding carboxylic acids is 1. The van der Waals surface area contributed by atoms with Gasteiger partial charge >= 0.3 is 0 Å². The maximum atomic E-state index is 12.3. The predicted octanol–water partition coefficient (Wildman–Crippen LogP) is 3.42. The summed E-state index contributed by atoms with van der Waals surface area (Å²) in [5.74, 6) is 1.04. The molecule has 124 valence electrons. The van der Waals surface area contributed by atoms with Crippen molar-refractivity contribution in [2.75, 3.05) is 13.1 Å². The van der Waals surface area contributed by atoms with Gasteiger partial charge < -0.3 is 13.8 Å². The summed E-state index contributed by atoms with van der Waals surface area (Å²) in [4.78, 5) is 18.7. The van der Waals surface area contributed by atoms with Crippen molar-refractivity contribution in [3.05, 3.63) is 47.1 Å². The molecule has 1 aliphatic rings. The number of benzene rings is 1. The molecule has 1 amide bonds. The molecule has 0 atom stereocenters. The lowest BCUT2D eigenvalue weighted by molar-refractivity contribution is -0.131. The van der Waals surface area contributed by atoms with Crippen LogP contribution in [0.25, 0.3) is 11.1 Å². The lowest BCUT2D eigenvalue weighted by Gasteiger charge is -2.30. The SMILES string of the molecule is O=C(Cc1ccon1)N1CCC(c2nc3cc(Cl)ccc3o2)CC1. The monoisotopic (exact) mass is 345 g/mol. The van der Waals surface area contributed by atoms with Crippen LogP contribution < -0.4 is 0 Å². The van der Waals surface area contributed by atoms with E-state index in [2.05, 4.69) is 10.1 Å². The van der Waals surface area contributed by atoms with E-state index in [0.29, 0.717) is 23.8 Å². The third-order valence-electron chi connectivity index (χ3n) is 4.39. The summed E-state index contributed by atoms with van der Waals surface area (Å²) in [7, 11) is 0. The molecule has 3 heterocycles. The number of aromatic nitrogens is 2. The fourth-order valence-corrected chi connectivity index (χ4v) is 3.23. The molecule has 1 saturated heterocycles. The van der Waals surface area contributed by atoms with E-state index in [0.717, 1.165) is 29.8 Å². The van der Waals surface area contributed by atoms with E-state index in [1.54, 1.807) is 18.2 Å². The smallest absolute Gasteiger partial charge is 0.228 e. The van der Waals surface area contributed by atoms with Crippen LogP contribution in [0.4, 0.5) is 0 Å². The number of amides is 1. The number of fused-ring (bicyclic) bond motifs is 1. The number of carbonyl (C=O) groups is 1. The topological polar surface area (TPSA) is 72.4 Å². The van der Waals surface area contributed by atoms with E-state index < -0.39 is 0 Å². The van der Waals surface area contributed by atoms with Crippen LogP contribution in [0, 0.1) is 0 Å². The fraction of sp³-hybridized carbons (Fsp3) is 0.353. The largest absolute Gasteiger partial charge is 0.440 e. The van der Waals surface area contributed by atoms with Crippen LogP contribution in [0.5, 0.6) is 0 Å². The summed E-state index contributed by atoms with van der Waals surface area (Å²) < 4.78 is 10.6. The molecule has 3 aromatic rings. The average Bonchev–Trinajstić information content (AvgIpc) is 3.24. The molecule has 0 bridgehead atoms. The molecule has 1 aromatic carbocycles. The molecule has 24 heavy (non-hydrogen) atoms. The molecule has 0 saturated carbocycles. The molecule has 4 rings (SSSR count). The highest BCUT2D eigenvalue weighted by Crippen LogP contribution is 2.30. The number of rotatable bonds is 3. The Hall–Kier alpha value is -2.34. The van der Waals surface area contributed by atoms with E-state index in [4.69, 9.17) is 20.5 Å². The highest BCUT2D eigenvalue weighted by Gasteiger charge is 2.27. The quantitative estimate of drug-likeness (QED) is 0.727. The van der Waals surface area contributed by atoms with Crippen LogP contribution in [-0.2, 0) is 11.2 Å². The summed E-state index contributed by atoms with van der Waals surface area (Å²) in [5, 5.41) is 4.44. The number of nitrogens with zero attached hydrogens (tertiary/aromatic N) is 3. The van der Waals surface area contributed by atoms with Crippen molar-refractivity contribution in [3.63, 3.8) is 0 Å². The van der Waals surface area contributed by atoms with Crippen LogP contribution in [0.2, 0.25) is 5.02 Å². The number of oxazole rings is 1. The Labute approximate surface area is 143 Å². The third-order valence-corrected chi connectivity index (χ3v) is 4.62. The third kappa shape index (κ3) is 3.01. The van der Waals surface area contributed by atoms with Crippen molar-refractivity contribution in [1.82, 2.24) is 15.0 Å². The minimum Gasteiger partial charge on any atom is -0.440 e. The lowest BCUT2D eigenvalue weighted by Crippen LogP contribution is -2.38. The van der Waals surface area contributed by atoms with Crippen LogP contribution in [0.3, 0.4) is 0 Å². The van der Waals surface area contributed by atoms with E-state index in [-0.39, 0.29) is 18.2 Å². The summed E-state index contributed by atoms with van der Waals surface area (Å²) in [6.45, 7) is 1.39. The first kappa shape index (κ1) is 15.2. The maximum absolute atomic E-state index is 12.3. The van der Waals surface area contributed by atoms with Crippen molar-refractivity contribution < 1.29 is 13.7 Å². The Bertz CT molecular complexity index is 851. The van der Waals surface area contributed by atoms with Gasteiger partial charge in [-0.1, -0.05) is 16.8 Å². The van der Waals surface area contributed by atoms with Crippen molar-refractivity contribution >= 4 is 28.6 Å². The van der Waals surface area contributed by atoms with Gasteiger partial charge in [0, 0.05) is 30.1 Å². The number of halogens is 1. The second-order valence-electron chi connectivity index (χ2n) is 5.99. The number of piperidine rings is 1. The van der Waals surface area contributed by atoms with Gasteiger partial charge in [-0.25, -0.2) is 4.98 Å². The van der Waals surface area contributed by atoms with Gasteiger partial charge in [0.25, 0.3) is 0 Å². The highest BCUT2D eigenvalue weighted by atomic mass is 35.5. The molecule has 1 fully saturated rings. The Balaban J connectivity index is 1.40. The van der Waals surface area contributed by atoms with Gasteiger partial charge in [0.2, 0.25) is 5.91 Å². The van der Waals surface area contributed by atoms with Crippen molar-refractivity contribution in [2.24, 2.45) is 0 Å². The van der Waals surface area contributed by atoms with Gasteiger partial charge in [-0.2, -0.15) is 0 Å². The fourth-order valence-electron chi connectivity index (χ4n) is 3.06. The molecule has 1 aliphatic heterocycles. The predicted molar refractivity (Wildman–Crippen MR) is 87.8 cm³/mol. The number of hydrogen-bond acceptors (Lipinski definition) is 5. The lowest BCUT2D eigenvalue weighted by atomic mass is 9.96. The Morgan fingerprint density at radius 3 is 2.88 bits per heavy atom. The second-order valence-corrected chi connectivity index (χ2v) is 6.42. The van der Waals surface area contributed by atoms with Crippen LogP contribution in [-0.4, -0.2) is 34.0 Å². The summed E-state index contributed by atoms with van der Waals surface area (Å²) >= 11 is 5.99. The minimum absolute atomic E-state index is 0.0756. The van der Waals surface area contributed by atoms with Gasteiger partial charge in [0.1, 0.15) is 11.8 Å². The summed E-state index contributed by atoms with van der Waals surface area (Å²) in [6.07, 6.45) is 3.44. The standard InChI is InChI=1S/C17H16ClN3O3/c18-12-1-2-15-14(9-12)19-17(24-15)11-3-6-21(7-4-11)16(22)10-13-5-8-23-20-13/h1-2,5,8-9,11H,3-4,6-7,10H2. The van der Waals surface area contributed by atoms with Gasteiger partial charge in [-0.05, 0) is 31.0 Å². The first-order valence-corrected chi connectivity index (χ1v) is 8.30. The first-order chi connectivity index (χ1) is 11.7. The van der Waals surface area contributed by atoms with Crippen LogP contribution >= 0.6 is 11.6 Å². The van der Waals surface area contributed by atoms with E-state index in [1.807, 2.05) is 11.0 Å². The van der Waals surface area contributed by atoms with Crippen molar-refractivity contribution in [1.29, 1.82) is 0 Å². The summed E-state index contributed by atoms with van der Waals surface area (Å²) in [6, 6.07) is 7.16. The molecular weight excluding hydrogens is 330 g/mol. The van der Waals surface area contributed by atoms with Gasteiger partial charge in [0.15, 0.2) is 11.5 Å². The zero-order chi connectivity index (χ0) is 16.5. The molecule has 0 spiro atoms. The van der Waals surface area contributed by atoms with E-state index in [1.165, 1.54) is 6.26 Å². The van der Waals surface area contributed by atoms with Gasteiger partial charge in [-0.3, -0.25) is 4.79 Å². The second kappa shape index (κ2) is 6.28. The van der Waals surface area contributed by atoms with Crippen LogP contribution in [0.1, 0.15) is 30.3 Å². The molecule has 0 N–H and O–H groups in total. The Morgan fingerprint density at radius 2 is 2.12 bits per heavy atom. The molecule has 0 aliphatic carbocycles. The number of likely N-dealkylation sites (tertiary alicyclic amines) is 1. The highest BCUT2D eigenvalue weighted by molar-refractivity contribution is 6.31. The average molecular weight is 346 g/mol. The van der Waals surface area contributed by atoms with E-state index in [9.17, 15) is 4.79 Å². The Kier molecular flexibility index (Phi) is 3.98. The molecule has 7 heteroatoms. The number of hydrogen-bond donors (Lipinski definition) is 0. The maximum Gasteiger partial charge on any atom is 0.228 e. The van der Waals surface area contributed by atoms with Gasteiger partial charge in [-0.15, -0.1) is 0 Å². The molecule has 0 radical (unpaired) electrons.